The molecule has 1 unspecified atom stereocenters. The molecule has 1 aliphatic carbocycles. The Morgan fingerprint density at radius 3 is 2.47 bits per heavy atom. The van der Waals surface area contributed by atoms with E-state index in [4.69, 9.17) is 4.74 Å². The van der Waals surface area contributed by atoms with Crippen LogP contribution in [0.15, 0.2) is 60.7 Å². The van der Waals surface area contributed by atoms with Crippen molar-refractivity contribution < 1.29 is 32.6 Å². The minimum absolute atomic E-state index is 0.0418. The highest BCUT2D eigenvalue weighted by molar-refractivity contribution is 5.78. The highest BCUT2D eigenvalue weighted by Gasteiger charge is 2.33. The average molecular weight is 498 g/mol. The third kappa shape index (κ3) is 5.22. The molecule has 1 atom stereocenters. The van der Waals surface area contributed by atoms with Crippen molar-refractivity contribution in [3.8, 4) is 16.9 Å². The molecule has 1 N–H and O–H groups in total. The van der Waals surface area contributed by atoms with Gasteiger partial charge in [0.15, 0.2) is 0 Å². The highest BCUT2D eigenvalue weighted by atomic mass is 19.4. The number of benzene rings is 3. The molecule has 4 rings (SSSR count). The molecule has 0 bridgehead atoms. The number of hydrogen-bond acceptors (Lipinski definition) is 3. The fourth-order valence-corrected chi connectivity index (χ4v) is 4.90. The van der Waals surface area contributed by atoms with Crippen molar-refractivity contribution in [2.75, 3.05) is 7.11 Å². The van der Waals surface area contributed by atoms with E-state index in [1.807, 2.05) is 24.3 Å². The van der Waals surface area contributed by atoms with E-state index in [2.05, 4.69) is 0 Å². The van der Waals surface area contributed by atoms with Gasteiger partial charge in [0, 0.05) is 19.0 Å². The van der Waals surface area contributed by atoms with Gasteiger partial charge in [0.25, 0.3) is 0 Å². The summed E-state index contributed by atoms with van der Waals surface area (Å²) in [5.41, 5.74) is 3.01. The Balaban J connectivity index is 1.83. The first-order valence-electron chi connectivity index (χ1n) is 11.5. The molecule has 0 radical (unpaired) electrons. The van der Waals surface area contributed by atoms with Crippen LogP contribution in [0.25, 0.3) is 11.1 Å². The van der Waals surface area contributed by atoms with Gasteiger partial charge >= 0.3 is 12.1 Å². The lowest BCUT2D eigenvalue weighted by Gasteiger charge is -2.30. The Labute approximate surface area is 207 Å². The van der Waals surface area contributed by atoms with E-state index in [-0.39, 0.29) is 24.9 Å². The largest absolute Gasteiger partial charge is 0.496 e. The summed E-state index contributed by atoms with van der Waals surface area (Å²) in [5.74, 6) is -0.876. The minimum Gasteiger partial charge on any atom is -0.496 e. The lowest BCUT2D eigenvalue weighted by molar-refractivity contribution is -0.138. The molecule has 0 saturated heterocycles. The number of fused-ring (bicyclic) bond motifs is 1. The Hall–Kier alpha value is -3.81. The number of aliphatic carboxylic acids is 1. The van der Waals surface area contributed by atoms with E-state index in [1.165, 1.54) is 20.1 Å². The molecule has 0 spiro atoms. The summed E-state index contributed by atoms with van der Waals surface area (Å²) in [6.07, 6.45) is -3.34. The van der Waals surface area contributed by atoms with E-state index in [1.54, 1.807) is 23.1 Å². The van der Waals surface area contributed by atoms with Gasteiger partial charge in [0.05, 0.1) is 25.1 Å². The topological polar surface area (TPSA) is 66.8 Å². The summed E-state index contributed by atoms with van der Waals surface area (Å²) in [5, 5.41) is 9.22. The molecule has 1 amide bonds. The number of amides is 1. The monoisotopic (exact) mass is 497 g/mol. The van der Waals surface area contributed by atoms with Crippen molar-refractivity contribution >= 4 is 11.9 Å². The summed E-state index contributed by atoms with van der Waals surface area (Å²) < 4.78 is 46.5. The maximum atomic E-state index is 13.7. The van der Waals surface area contributed by atoms with Crippen molar-refractivity contribution in [3.63, 3.8) is 0 Å². The van der Waals surface area contributed by atoms with Crippen molar-refractivity contribution in [1.82, 2.24) is 4.90 Å². The van der Waals surface area contributed by atoms with E-state index >= 15 is 0 Å². The zero-order chi connectivity index (χ0) is 26.0. The van der Waals surface area contributed by atoms with Gasteiger partial charge in [-0.25, -0.2) is 0 Å². The number of methoxy groups -OCH3 is 1. The van der Waals surface area contributed by atoms with Crippen molar-refractivity contribution in [3.05, 3.63) is 88.5 Å². The van der Waals surface area contributed by atoms with Crippen molar-refractivity contribution in [1.29, 1.82) is 0 Å². The predicted octanol–water partition coefficient (Wildman–Crippen LogP) is 6.04. The number of carbonyl (C=O) groups is 2. The van der Waals surface area contributed by atoms with Gasteiger partial charge in [-0.15, -0.1) is 0 Å². The second-order valence-corrected chi connectivity index (χ2v) is 8.88. The molecule has 0 fully saturated rings. The third-order valence-corrected chi connectivity index (χ3v) is 6.56. The average Bonchev–Trinajstić information content (AvgIpc) is 3.25. The second kappa shape index (κ2) is 10.0. The van der Waals surface area contributed by atoms with E-state index in [9.17, 15) is 27.9 Å². The van der Waals surface area contributed by atoms with Crippen LogP contribution in [0.1, 0.15) is 47.2 Å². The summed E-state index contributed by atoms with van der Waals surface area (Å²) in [6.45, 7) is 1.38. The number of carbonyl (C=O) groups excluding carboxylic acids is 1. The second-order valence-electron chi connectivity index (χ2n) is 8.88. The van der Waals surface area contributed by atoms with Crippen molar-refractivity contribution in [2.24, 2.45) is 0 Å². The van der Waals surface area contributed by atoms with Crippen LogP contribution in [0.5, 0.6) is 5.75 Å². The van der Waals surface area contributed by atoms with Crippen LogP contribution in [0.2, 0.25) is 0 Å². The van der Waals surface area contributed by atoms with Crippen LogP contribution in [-0.4, -0.2) is 29.0 Å². The quantitative estimate of drug-likeness (QED) is 0.432. The van der Waals surface area contributed by atoms with Gasteiger partial charge in [0.2, 0.25) is 5.91 Å². The van der Waals surface area contributed by atoms with Crippen molar-refractivity contribution in [2.45, 2.75) is 44.9 Å². The smallest absolute Gasteiger partial charge is 0.416 e. The lowest BCUT2D eigenvalue weighted by Crippen LogP contribution is -2.32. The van der Waals surface area contributed by atoms with Crippen LogP contribution in [0.3, 0.4) is 0 Å². The molecule has 0 saturated carbocycles. The normalized spacial score (nSPS) is 14.9. The van der Waals surface area contributed by atoms with E-state index < -0.39 is 17.7 Å². The molecular weight excluding hydrogens is 471 g/mol. The van der Waals surface area contributed by atoms with Crippen LogP contribution in [0.4, 0.5) is 13.2 Å². The first-order valence-corrected chi connectivity index (χ1v) is 11.5. The Morgan fingerprint density at radius 2 is 1.81 bits per heavy atom. The molecule has 3 aromatic carbocycles. The molecule has 3 aromatic rings. The van der Waals surface area contributed by atoms with Gasteiger partial charge in [0.1, 0.15) is 5.75 Å². The lowest BCUT2D eigenvalue weighted by atomic mass is 9.93. The zero-order valence-electron chi connectivity index (χ0n) is 19.9. The molecule has 5 nitrogen and oxygen atoms in total. The zero-order valence-corrected chi connectivity index (χ0v) is 19.9. The molecule has 8 heteroatoms. The van der Waals surface area contributed by atoms with Gasteiger partial charge < -0.3 is 14.7 Å². The van der Waals surface area contributed by atoms with Gasteiger partial charge in [-0.2, -0.15) is 13.2 Å². The van der Waals surface area contributed by atoms with Crippen LogP contribution in [0, 0.1) is 0 Å². The Morgan fingerprint density at radius 1 is 1.06 bits per heavy atom. The van der Waals surface area contributed by atoms with Gasteiger partial charge in [-0.1, -0.05) is 36.4 Å². The fourth-order valence-electron chi connectivity index (χ4n) is 4.90. The van der Waals surface area contributed by atoms with E-state index in [0.717, 1.165) is 29.7 Å². The molecule has 0 aromatic heterocycles. The first-order chi connectivity index (χ1) is 17.1. The number of carboxylic acid groups (broad SMARTS) is 1. The van der Waals surface area contributed by atoms with Crippen LogP contribution in [-0.2, 0) is 35.2 Å². The summed E-state index contributed by atoms with van der Waals surface area (Å²) in [6, 6.07) is 15.8. The molecule has 188 valence electrons. The van der Waals surface area contributed by atoms with Crippen LogP contribution < -0.4 is 4.74 Å². The number of alkyl halides is 3. The highest BCUT2D eigenvalue weighted by Crippen LogP contribution is 2.41. The maximum Gasteiger partial charge on any atom is 0.416 e. The summed E-state index contributed by atoms with van der Waals surface area (Å²) in [7, 11) is 1.44. The molecule has 0 heterocycles. The third-order valence-electron chi connectivity index (χ3n) is 6.56. The maximum absolute atomic E-state index is 13.7. The van der Waals surface area contributed by atoms with Gasteiger partial charge in [-0.05, 0) is 64.9 Å². The fraction of sp³-hybridized carbons (Fsp3) is 0.286. The number of aryl methyl sites for hydroxylation is 1. The summed E-state index contributed by atoms with van der Waals surface area (Å²) >= 11 is 0. The first kappa shape index (κ1) is 25.3. The number of ether oxygens (including phenoxy) is 1. The minimum atomic E-state index is -4.57. The number of halogens is 3. The number of hydrogen-bond donors (Lipinski definition) is 1. The number of carboxylic acids is 1. The predicted molar refractivity (Wildman–Crippen MR) is 128 cm³/mol. The SMILES string of the molecule is COc1ccc(CC(=O)O)cc1-c1ccc(C(F)(F)F)cc1CN(C(C)=O)C1CCc2ccccc21. The molecular formula is C28H26F3NO4. The van der Waals surface area contributed by atoms with Gasteiger partial charge in [-0.3, -0.25) is 9.59 Å². The Bertz CT molecular complexity index is 1300. The standard InChI is InChI=1S/C28H26F3NO4/c1-17(33)32(25-11-8-19-5-3-4-6-23(19)25)16-20-15-21(28(29,30)31)9-10-22(20)24-13-18(14-27(34)35)7-12-26(24)36-2/h3-7,9-10,12-13,15,25H,8,11,14,16H2,1-2H3,(H,34,35). The number of nitrogens with zero attached hydrogens (tertiary/aromatic N) is 1. The summed E-state index contributed by atoms with van der Waals surface area (Å²) in [4.78, 5) is 25.7. The molecule has 1 aliphatic rings. The Kier molecular flexibility index (Phi) is 7.06. The number of rotatable bonds is 7. The molecule has 0 aliphatic heterocycles. The van der Waals surface area contributed by atoms with Crippen LogP contribution >= 0.6 is 0 Å². The van der Waals surface area contributed by atoms with E-state index in [0.29, 0.717) is 34.4 Å². The molecule has 36 heavy (non-hydrogen) atoms.